The lowest BCUT2D eigenvalue weighted by atomic mass is 10.0. The molecular formula is C27H19NO2. The van der Waals surface area contributed by atoms with Crippen molar-refractivity contribution in [1.82, 2.24) is 4.98 Å². The number of benzene rings is 3. The third-order valence-electron chi connectivity index (χ3n) is 5.79. The van der Waals surface area contributed by atoms with Crippen LogP contribution in [0.4, 0.5) is 0 Å². The van der Waals surface area contributed by atoms with Gasteiger partial charge in [0.05, 0.1) is 5.69 Å². The first-order valence-corrected chi connectivity index (χ1v) is 10.1. The largest absolute Gasteiger partial charge is 0.455 e. The Balaban J connectivity index is 1.54. The molecule has 0 N–H and O–H groups in total. The number of rotatable bonds is 2. The quantitative estimate of drug-likeness (QED) is 0.305. The maximum absolute atomic E-state index is 6.21. The van der Waals surface area contributed by atoms with Crippen molar-refractivity contribution in [2.45, 2.75) is 13.8 Å². The highest BCUT2D eigenvalue weighted by Crippen LogP contribution is 2.37. The molecule has 0 aliphatic rings. The van der Waals surface area contributed by atoms with E-state index in [4.69, 9.17) is 13.8 Å². The van der Waals surface area contributed by atoms with E-state index in [1.54, 1.807) is 0 Å². The Morgan fingerprint density at radius 1 is 0.700 bits per heavy atom. The lowest BCUT2D eigenvalue weighted by Gasteiger charge is -2.05. The lowest BCUT2D eigenvalue weighted by molar-refractivity contribution is 0.618. The van der Waals surface area contributed by atoms with Crippen LogP contribution in [0, 0.1) is 13.8 Å². The molecule has 144 valence electrons. The number of furan rings is 2. The van der Waals surface area contributed by atoms with Crippen molar-refractivity contribution < 1.29 is 8.83 Å². The van der Waals surface area contributed by atoms with Gasteiger partial charge in [-0.1, -0.05) is 48.5 Å². The van der Waals surface area contributed by atoms with Crippen molar-refractivity contribution in [3.05, 3.63) is 90.0 Å². The smallest absolute Gasteiger partial charge is 0.227 e. The Morgan fingerprint density at radius 3 is 2.33 bits per heavy atom. The molecule has 0 saturated carbocycles. The summed E-state index contributed by atoms with van der Waals surface area (Å²) in [5, 5.41) is 3.21. The van der Waals surface area contributed by atoms with Crippen LogP contribution in [0.15, 0.2) is 87.7 Å². The molecule has 0 amide bonds. The summed E-state index contributed by atoms with van der Waals surface area (Å²) in [6, 6.07) is 26.8. The molecule has 0 spiro atoms. The van der Waals surface area contributed by atoms with Crippen LogP contribution < -0.4 is 0 Å². The SMILES string of the molecule is Cc1cccc(C)c1-c1cc2ccc(-c3cccc4c3oc3ccccc34)nc2o1. The van der Waals surface area contributed by atoms with Gasteiger partial charge in [0.1, 0.15) is 16.9 Å². The first-order chi connectivity index (χ1) is 14.7. The monoisotopic (exact) mass is 389 g/mol. The number of aromatic nitrogens is 1. The molecule has 0 unspecified atom stereocenters. The minimum Gasteiger partial charge on any atom is -0.455 e. The van der Waals surface area contributed by atoms with Gasteiger partial charge in [0.25, 0.3) is 0 Å². The maximum Gasteiger partial charge on any atom is 0.227 e. The second kappa shape index (κ2) is 6.33. The van der Waals surface area contributed by atoms with Gasteiger partial charge in [0, 0.05) is 27.3 Å². The van der Waals surface area contributed by atoms with E-state index in [1.807, 2.05) is 30.3 Å². The average Bonchev–Trinajstić information content (AvgIpc) is 3.34. The van der Waals surface area contributed by atoms with Gasteiger partial charge >= 0.3 is 0 Å². The van der Waals surface area contributed by atoms with Crippen LogP contribution in [-0.4, -0.2) is 4.98 Å². The summed E-state index contributed by atoms with van der Waals surface area (Å²) in [5.41, 5.74) is 7.71. The van der Waals surface area contributed by atoms with Crippen molar-refractivity contribution >= 4 is 33.0 Å². The number of hydrogen-bond donors (Lipinski definition) is 0. The summed E-state index contributed by atoms with van der Waals surface area (Å²) in [7, 11) is 0. The van der Waals surface area contributed by atoms with Gasteiger partial charge in [-0.15, -0.1) is 0 Å². The van der Waals surface area contributed by atoms with E-state index in [9.17, 15) is 0 Å². The molecular weight excluding hydrogens is 370 g/mol. The van der Waals surface area contributed by atoms with Crippen molar-refractivity contribution in [2.24, 2.45) is 0 Å². The molecule has 3 aromatic carbocycles. The number of hydrogen-bond acceptors (Lipinski definition) is 3. The summed E-state index contributed by atoms with van der Waals surface area (Å²) in [5.74, 6) is 0.854. The van der Waals surface area contributed by atoms with Crippen molar-refractivity contribution in [3.8, 4) is 22.6 Å². The summed E-state index contributed by atoms with van der Waals surface area (Å²) in [6.45, 7) is 4.22. The molecule has 3 aromatic heterocycles. The molecule has 0 aliphatic carbocycles. The van der Waals surface area contributed by atoms with Crippen molar-refractivity contribution in [2.75, 3.05) is 0 Å². The van der Waals surface area contributed by atoms with Crippen LogP contribution in [0.1, 0.15) is 11.1 Å². The fourth-order valence-corrected chi connectivity index (χ4v) is 4.34. The number of fused-ring (bicyclic) bond motifs is 4. The topological polar surface area (TPSA) is 39.2 Å². The predicted molar refractivity (Wildman–Crippen MR) is 122 cm³/mol. The average molecular weight is 389 g/mol. The Kier molecular flexibility index (Phi) is 3.59. The molecule has 0 atom stereocenters. The van der Waals surface area contributed by atoms with E-state index < -0.39 is 0 Å². The van der Waals surface area contributed by atoms with Crippen molar-refractivity contribution in [3.63, 3.8) is 0 Å². The van der Waals surface area contributed by atoms with Gasteiger partial charge in [-0.05, 0) is 55.3 Å². The van der Waals surface area contributed by atoms with Gasteiger partial charge in [-0.3, -0.25) is 0 Å². The van der Waals surface area contributed by atoms with Gasteiger partial charge in [-0.2, -0.15) is 0 Å². The molecule has 3 heterocycles. The molecule has 0 saturated heterocycles. The highest BCUT2D eigenvalue weighted by Gasteiger charge is 2.16. The number of pyridine rings is 1. The fraction of sp³-hybridized carbons (Fsp3) is 0.0741. The zero-order valence-corrected chi connectivity index (χ0v) is 16.8. The fourth-order valence-electron chi connectivity index (χ4n) is 4.34. The standard InChI is InChI=1S/C27H19NO2/c1-16-7-5-8-17(2)25(16)24-15-18-13-14-22(28-27(18)30-24)21-11-6-10-20-19-9-3-4-12-23(19)29-26(20)21/h3-15H,1-2H3. The molecule has 0 fully saturated rings. The van der Waals surface area contributed by atoms with Crippen LogP contribution in [0.3, 0.4) is 0 Å². The van der Waals surface area contributed by atoms with Crippen LogP contribution >= 0.6 is 0 Å². The van der Waals surface area contributed by atoms with E-state index in [0.717, 1.165) is 49.9 Å². The van der Waals surface area contributed by atoms with Crippen LogP contribution in [0.25, 0.3) is 55.6 Å². The molecule has 3 heteroatoms. The Labute approximate surface area is 173 Å². The van der Waals surface area contributed by atoms with E-state index in [-0.39, 0.29) is 0 Å². The third-order valence-corrected chi connectivity index (χ3v) is 5.79. The predicted octanol–water partition coefficient (Wildman–Crippen LogP) is 7.68. The van der Waals surface area contributed by atoms with Crippen molar-refractivity contribution in [1.29, 1.82) is 0 Å². The van der Waals surface area contributed by atoms with Crippen LogP contribution in [-0.2, 0) is 0 Å². The molecule has 0 aliphatic heterocycles. The molecule has 0 radical (unpaired) electrons. The van der Waals surface area contributed by atoms with Gasteiger partial charge in [0.15, 0.2) is 0 Å². The van der Waals surface area contributed by atoms with Gasteiger partial charge in [-0.25, -0.2) is 4.98 Å². The highest BCUT2D eigenvalue weighted by atomic mass is 16.3. The zero-order chi connectivity index (χ0) is 20.2. The lowest BCUT2D eigenvalue weighted by Crippen LogP contribution is -1.85. The molecule has 0 bridgehead atoms. The van der Waals surface area contributed by atoms with E-state index >= 15 is 0 Å². The second-order valence-electron chi connectivity index (χ2n) is 7.75. The summed E-state index contributed by atoms with van der Waals surface area (Å²) >= 11 is 0. The summed E-state index contributed by atoms with van der Waals surface area (Å²) in [6.07, 6.45) is 0. The minimum absolute atomic E-state index is 0.637. The molecule has 3 nitrogen and oxygen atoms in total. The zero-order valence-electron chi connectivity index (χ0n) is 16.8. The summed E-state index contributed by atoms with van der Waals surface area (Å²) in [4.78, 5) is 4.84. The van der Waals surface area contributed by atoms with E-state index in [2.05, 4.69) is 62.4 Å². The van der Waals surface area contributed by atoms with Crippen LogP contribution in [0.5, 0.6) is 0 Å². The molecule has 6 rings (SSSR count). The first-order valence-electron chi connectivity index (χ1n) is 10.1. The minimum atomic E-state index is 0.637. The van der Waals surface area contributed by atoms with Gasteiger partial charge < -0.3 is 8.83 Å². The molecule has 30 heavy (non-hydrogen) atoms. The Bertz CT molecular complexity index is 1550. The highest BCUT2D eigenvalue weighted by molar-refractivity contribution is 6.09. The second-order valence-corrected chi connectivity index (χ2v) is 7.75. The Hall–Kier alpha value is -3.85. The number of para-hydroxylation sites is 2. The van der Waals surface area contributed by atoms with Gasteiger partial charge in [0.2, 0.25) is 5.71 Å². The summed E-state index contributed by atoms with van der Waals surface area (Å²) < 4.78 is 12.4. The van der Waals surface area contributed by atoms with Crippen LogP contribution in [0.2, 0.25) is 0 Å². The van der Waals surface area contributed by atoms with E-state index in [0.29, 0.717) is 5.71 Å². The normalized spacial score (nSPS) is 11.7. The first kappa shape index (κ1) is 17.0. The number of nitrogens with zero attached hydrogens (tertiary/aromatic N) is 1. The Morgan fingerprint density at radius 2 is 1.47 bits per heavy atom. The molecule has 6 aromatic rings. The third kappa shape index (κ3) is 2.49. The number of aryl methyl sites for hydroxylation is 2. The maximum atomic E-state index is 6.21. The van der Waals surface area contributed by atoms with E-state index in [1.165, 1.54) is 11.1 Å².